The summed E-state index contributed by atoms with van der Waals surface area (Å²) in [6.45, 7) is 7.21. The average molecular weight is 738 g/mol. The molecule has 0 spiro atoms. The van der Waals surface area contributed by atoms with Gasteiger partial charge in [0.05, 0.1) is 36.3 Å². The number of fused-ring (bicyclic) bond motifs is 1. The number of nitrogens with zero attached hydrogens (tertiary/aromatic N) is 3. The summed E-state index contributed by atoms with van der Waals surface area (Å²) >= 11 is 0. The predicted molar refractivity (Wildman–Crippen MR) is 180 cm³/mol. The number of nitrogen functional groups attached to an aromatic ring is 1. The van der Waals surface area contributed by atoms with Crippen LogP contribution in [0.3, 0.4) is 0 Å². The summed E-state index contributed by atoms with van der Waals surface area (Å²) in [6.07, 6.45) is -0.599. The van der Waals surface area contributed by atoms with E-state index in [2.05, 4.69) is 15.2 Å². The van der Waals surface area contributed by atoms with Gasteiger partial charge in [-0.05, 0) is 45.0 Å². The van der Waals surface area contributed by atoms with E-state index >= 15 is 4.39 Å². The zero-order chi connectivity index (χ0) is 37.8. The van der Waals surface area contributed by atoms with Crippen molar-refractivity contribution in [1.29, 1.82) is 0 Å². The van der Waals surface area contributed by atoms with Crippen molar-refractivity contribution in [2.45, 2.75) is 77.4 Å². The number of esters is 3. The topological polar surface area (TPSA) is 212 Å². The lowest BCUT2D eigenvalue weighted by Crippen LogP contribution is -2.57. The second-order valence-corrected chi connectivity index (χ2v) is 15.2. The Bertz CT molecular complexity index is 1750. The lowest BCUT2D eigenvalue weighted by molar-refractivity contribution is -0.195. The molecule has 0 bridgehead atoms. The van der Waals surface area contributed by atoms with Crippen molar-refractivity contribution in [2.75, 3.05) is 32.2 Å². The molecule has 18 heteroatoms. The molecule has 0 saturated carbocycles. The van der Waals surface area contributed by atoms with Gasteiger partial charge >= 0.3 is 25.7 Å². The minimum absolute atomic E-state index is 0.0620. The molecule has 1 aliphatic heterocycles. The van der Waals surface area contributed by atoms with Gasteiger partial charge in [-0.15, -0.1) is 0 Å². The molecule has 280 valence electrons. The Morgan fingerprint density at radius 1 is 1.10 bits per heavy atom. The quantitative estimate of drug-likeness (QED) is 0.109. The Hall–Kier alpha value is -4.15. The summed E-state index contributed by atoms with van der Waals surface area (Å²) in [5.41, 5.74) is 0.847. The molecule has 51 heavy (non-hydrogen) atoms. The lowest BCUT2D eigenvalue weighted by atomic mass is 9.85. The van der Waals surface area contributed by atoms with Gasteiger partial charge in [0.1, 0.15) is 36.9 Å². The zero-order valence-electron chi connectivity index (χ0n) is 29.5. The minimum Gasteiger partial charge on any atom is -0.461 e. The molecule has 0 radical (unpaired) electrons. The average Bonchev–Trinajstić information content (AvgIpc) is 3.64. The fourth-order valence-electron chi connectivity index (χ4n) is 5.03. The molecule has 2 aromatic heterocycles. The first-order valence-corrected chi connectivity index (χ1v) is 17.8. The molecule has 3 heterocycles. The zero-order valence-corrected chi connectivity index (χ0v) is 30.4. The molecule has 4 N–H and O–H groups in total. The van der Waals surface area contributed by atoms with Gasteiger partial charge in [0.2, 0.25) is 5.60 Å². The van der Waals surface area contributed by atoms with E-state index in [9.17, 15) is 24.1 Å². The summed E-state index contributed by atoms with van der Waals surface area (Å²) in [7, 11) is -4.64. The van der Waals surface area contributed by atoms with Crippen LogP contribution in [0.15, 0.2) is 48.8 Å². The van der Waals surface area contributed by atoms with Crippen LogP contribution in [0.1, 0.15) is 54.2 Å². The van der Waals surface area contributed by atoms with Crippen molar-refractivity contribution in [1.82, 2.24) is 19.7 Å². The number of halogens is 1. The summed E-state index contributed by atoms with van der Waals surface area (Å²) in [5, 5.41) is 16.7. The van der Waals surface area contributed by atoms with Crippen molar-refractivity contribution < 1.29 is 56.4 Å². The molecule has 16 nitrogen and oxygen atoms in total. The Kier molecular flexibility index (Phi) is 12.1. The van der Waals surface area contributed by atoms with Gasteiger partial charge in [0, 0.05) is 0 Å². The molecule has 1 fully saturated rings. The SMILES string of the molecule is CC(C)C(=O)O[C@@H]1[C@@](CF)(COP(=O)(N[C@@H](C)C(=O)OCC(C)(C)O)Oc2ccccc2)OC[C@@]1(OC(=O)C(C)C)c1ccc2c(N)ncnn12. The largest absolute Gasteiger partial charge is 0.461 e. The van der Waals surface area contributed by atoms with E-state index in [1.807, 2.05) is 0 Å². The van der Waals surface area contributed by atoms with Crippen LogP contribution in [0.2, 0.25) is 0 Å². The van der Waals surface area contributed by atoms with Gasteiger partial charge in [-0.2, -0.15) is 10.2 Å². The van der Waals surface area contributed by atoms with Crippen LogP contribution in [0.25, 0.3) is 5.52 Å². The molecule has 1 saturated heterocycles. The molecule has 0 aliphatic carbocycles. The smallest absolute Gasteiger partial charge is 0.459 e. The van der Waals surface area contributed by atoms with E-state index in [1.165, 1.54) is 43.5 Å². The molecule has 4 rings (SSSR count). The normalized spacial score (nSPS) is 22.5. The van der Waals surface area contributed by atoms with Gasteiger partial charge in [-0.25, -0.2) is 18.5 Å². The van der Waals surface area contributed by atoms with Crippen LogP contribution >= 0.6 is 7.75 Å². The Balaban J connectivity index is 1.79. The first kappa shape index (κ1) is 39.6. The maximum atomic E-state index is 15.7. The highest BCUT2D eigenvalue weighted by Crippen LogP contribution is 2.51. The van der Waals surface area contributed by atoms with Crippen LogP contribution in [0, 0.1) is 11.8 Å². The van der Waals surface area contributed by atoms with E-state index in [0.29, 0.717) is 5.52 Å². The number of benzene rings is 1. The Morgan fingerprint density at radius 3 is 2.37 bits per heavy atom. The van der Waals surface area contributed by atoms with Crippen LogP contribution in [0.5, 0.6) is 5.75 Å². The van der Waals surface area contributed by atoms with Crippen LogP contribution in [-0.4, -0.2) is 87.5 Å². The Morgan fingerprint density at radius 2 is 1.76 bits per heavy atom. The molecular formula is C33H45FN5O11P. The number of rotatable bonds is 16. The number of ether oxygens (including phenoxy) is 4. The van der Waals surface area contributed by atoms with E-state index in [0.717, 1.165) is 6.33 Å². The highest BCUT2D eigenvalue weighted by Gasteiger charge is 2.66. The number of hydrogen-bond donors (Lipinski definition) is 3. The van der Waals surface area contributed by atoms with Crippen LogP contribution in [0.4, 0.5) is 10.2 Å². The number of anilines is 1. The fourth-order valence-corrected chi connectivity index (χ4v) is 6.58. The summed E-state index contributed by atoms with van der Waals surface area (Å²) in [4.78, 5) is 43.4. The van der Waals surface area contributed by atoms with E-state index in [4.69, 9.17) is 33.7 Å². The number of carbonyl (C=O) groups is 3. The number of nitrogens with two attached hydrogens (primary N) is 1. The van der Waals surface area contributed by atoms with Crippen molar-refractivity contribution in [3.63, 3.8) is 0 Å². The van der Waals surface area contributed by atoms with Gasteiger partial charge in [-0.1, -0.05) is 45.9 Å². The number of carbonyl (C=O) groups excluding carboxylic acids is 3. The third kappa shape index (κ3) is 9.02. The molecule has 5 atom stereocenters. The van der Waals surface area contributed by atoms with E-state index < -0.39 is 86.3 Å². The molecule has 1 aromatic carbocycles. The molecule has 3 aromatic rings. The van der Waals surface area contributed by atoms with Crippen LogP contribution < -0.4 is 15.3 Å². The van der Waals surface area contributed by atoms with Crippen molar-refractivity contribution in [3.8, 4) is 5.75 Å². The standard InChI is InChI=1S/C33H45FN5O11P/c1-20(2)27(40)48-30-32(15-34,46-18-33(30,49-28(41)21(3)4)25-14-13-24-26(35)36-19-37-39(24)25)17-47-51(44,50-23-11-9-8-10-12-23)38-22(5)29(42)45-16-31(6,7)43/h8-14,19-22,30,43H,15-18H2,1-7H3,(H,38,44)(H2,35,36,37)/t22-,30+,32+,33+,51?/m0/s1. The number of aromatic nitrogens is 3. The molecule has 1 unspecified atom stereocenters. The van der Waals surface area contributed by atoms with Gasteiger partial charge in [0.15, 0.2) is 17.5 Å². The highest BCUT2D eigenvalue weighted by atomic mass is 31.2. The minimum atomic E-state index is -4.64. The van der Waals surface area contributed by atoms with Gasteiger partial charge in [-0.3, -0.25) is 18.9 Å². The summed E-state index contributed by atoms with van der Waals surface area (Å²) in [5.74, 6) is -3.71. The summed E-state index contributed by atoms with van der Waals surface area (Å²) in [6, 6.07) is 9.55. The number of hydrogen-bond acceptors (Lipinski definition) is 14. The molecule has 0 amide bonds. The van der Waals surface area contributed by atoms with E-state index in [-0.39, 0.29) is 23.9 Å². The predicted octanol–water partition coefficient (Wildman–Crippen LogP) is 3.51. The molecule has 1 aliphatic rings. The molecular weight excluding hydrogens is 692 g/mol. The number of aliphatic hydroxyl groups is 1. The third-order valence-corrected chi connectivity index (χ3v) is 9.42. The first-order chi connectivity index (χ1) is 23.9. The van der Waals surface area contributed by atoms with Gasteiger partial charge in [0.25, 0.3) is 0 Å². The van der Waals surface area contributed by atoms with Crippen LogP contribution in [-0.2, 0) is 48.0 Å². The van der Waals surface area contributed by atoms with Crippen molar-refractivity contribution in [2.24, 2.45) is 11.8 Å². The third-order valence-electron chi connectivity index (χ3n) is 7.80. The maximum absolute atomic E-state index is 15.7. The maximum Gasteiger partial charge on any atom is 0.459 e. The fraction of sp³-hybridized carbons (Fsp3) is 0.545. The van der Waals surface area contributed by atoms with Crippen molar-refractivity contribution >= 4 is 37.0 Å². The second kappa shape index (κ2) is 15.6. The first-order valence-electron chi connectivity index (χ1n) is 16.2. The highest BCUT2D eigenvalue weighted by molar-refractivity contribution is 7.52. The van der Waals surface area contributed by atoms with Crippen molar-refractivity contribution in [3.05, 3.63) is 54.5 Å². The number of para-hydroxylation sites is 1. The second-order valence-electron chi connectivity index (χ2n) is 13.5. The monoisotopic (exact) mass is 737 g/mol. The lowest BCUT2D eigenvalue weighted by Gasteiger charge is -2.39. The Labute approximate surface area is 294 Å². The number of alkyl halides is 1. The van der Waals surface area contributed by atoms with Gasteiger partial charge < -0.3 is 34.3 Å². The number of nitrogens with one attached hydrogen (secondary N) is 1. The van der Waals surface area contributed by atoms with E-state index in [1.54, 1.807) is 52.0 Å². The summed E-state index contributed by atoms with van der Waals surface area (Å²) < 4.78 is 66.2.